The van der Waals surface area contributed by atoms with Gasteiger partial charge < -0.3 is 20.5 Å². The van der Waals surface area contributed by atoms with E-state index in [1.54, 1.807) is 0 Å². The third kappa shape index (κ3) is 4.75. The SMILES string of the molecule is CCC(C)[C@H](NC(=O)OCC1c2ccccc2-c2ccccc21)C(=O)Nc1c(C(=O)O)cnn1C. The van der Waals surface area contributed by atoms with E-state index in [0.717, 1.165) is 28.5 Å². The number of aromatic nitrogens is 2. The van der Waals surface area contributed by atoms with Gasteiger partial charge in [0.05, 0.1) is 6.20 Å². The zero-order valence-electron chi connectivity index (χ0n) is 19.8. The lowest BCUT2D eigenvalue weighted by Gasteiger charge is -2.24. The average Bonchev–Trinajstić information content (AvgIpc) is 3.38. The van der Waals surface area contributed by atoms with Crippen molar-refractivity contribution in [3.05, 3.63) is 71.4 Å². The van der Waals surface area contributed by atoms with Gasteiger partial charge in [0.25, 0.3) is 0 Å². The molecule has 1 unspecified atom stereocenters. The first-order valence-electron chi connectivity index (χ1n) is 11.5. The summed E-state index contributed by atoms with van der Waals surface area (Å²) < 4.78 is 6.86. The van der Waals surface area contributed by atoms with Crippen molar-refractivity contribution >= 4 is 23.8 Å². The van der Waals surface area contributed by atoms with Gasteiger partial charge in [-0.1, -0.05) is 68.8 Å². The third-order valence-electron chi connectivity index (χ3n) is 6.52. The number of carboxylic acid groups (broad SMARTS) is 1. The summed E-state index contributed by atoms with van der Waals surface area (Å²) in [6, 6.07) is 15.2. The van der Waals surface area contributed by atoms with Crippen molar-refractivity contribution in [2.45, 2.75) is 32.2 Å². The molecule has 1 aromatic heterocycles. The summed E-state index contributed by atoms with van der Waals surface area (Å²) in [5, 5.41) is 18.5. The lowest BCUT2D eigenvalue weighted by Crippen LogP contribution is -2.48. The van der Waals surface area contributed by atoms with E-state index in [2.05, 4.69) is 27.9 Å². The molecule has 35 heavy (non-hydrogen) atoms. The highest BCUT2D eigenvalue weighted by molar-refractivity contribution is 6.02. The molecule has 0 radical (unpaired) electrons. The molecule has 1 aliphatic rings. The molecule has 3 N–H and O–H groups in total. The largest absolute Gasteiger partial charge is 0.477 e. The number of benzene rings is 2. The first kappa shape index (κ1) is 24.0. The second kappa shape index (κ2) is 10.0. The normalized spacial score (nSPS) is 13.9. The number of nitrogens with one attached hydrogen (secondary N) is 2. The van der Waals surface area contributed by atoms with Gasteiger partial charge in [0.15, 0.2) is 0 Å². The number of hydrogen-bond acceptors (Lipinski definition) is 5. The highest BCUT2D eigenvalue weighted by Crippen LogP contribution is 2.44. The van der Waals surface area contributed by atoms with Crippen LogP contribution in [0, 0.1) is 5.92 Å². The number of fused-ring (bicyclic) bond motifs is 3. The maximum atomic E-state index is 13.0. The molecule has 4 rings (SSSR count). The van der Waals surface area contributed by atoms with E-state index in [9.17, 15) is 19.5 Å². The monoisotopic (exact) mass is 476 g/mol. The lowest BCUT2D eigenvalue weighted by atomic mass is 9.98. The number of alkyl carbamates (subject to hydrolysis) is 1. The van der Waals surface area contributed by atoms with Crippen molar-refractivity contribution in [1.29, 1.82) is 0 Å². The Morgan fingerprint density at radius 3 is 2.26 bits per heavy atom. The van der Waals surface area contributed by atoms with E-state index in [-0.39, 0.29) is 29.8 Å². The van der Waals surface area contributed by atoms with Gasteiger partial charge >= 0.3 is 12.1 Å². The predicted molar refractivity (Wildman–Crippen MR) is 130 cm³/mol. The lowest BCUT2D eigenvalue weighted by molar-refractivity contribution is -0.119. The molecule has 9 heteroatoms. The number of hydrogen-bond donors (Lipinski definition) is 3. The number of aryl methyl sites for hydroxylation is 1. The molecule has 1 aliphatic carbocycles. The van der Waals surface area contributed by atoms with Crippen LogP contribution in [-0.2, 0) is 16.6 Å². The highest BCUT2D eigenvalue weighted by Gasteiger charge is 2.31. The Balaban J connectivity index is 1.46. The maximum absolute atomic E-state index is 13.0. The molecule has 2 aromatic carbocycles. The molecule has 0 saturated heterocycles. The van der Waals surface area contributed by atoms with Crippen LogP contribution in [0.3, 0.4) is 0 Å². The Morgan fingerprint density at radius 2 is 1.69 bits per heavy atom. The number of carbonyl (C=O) groups is 3. The van der Waals surface area contributed by atoms with Gasteiger partial charge in [-0.05, 0) is 28.2 Å². The molecule has 2 atom stereocenters. The molecule has 0 bridgehead atoms. The summed E-state index contributed by atoms with van der Waals surface area (Å²) in [4.78, 5) is 37.3. The zero-order chi connectivity index (χ0) is 25.1. The fourth-order valence-corrected chi connectivity index (χ4v) is 4.41. The van der Waals surface area contributed by atoms with Gasteiger partial charge in [0, 0.05) is 13.0 Å². The first-order chi connectivity index (χ1) is 16.8. The summed E-state index contributed by atoms with van der Waals surface area (Å²) in [6.07, 6.45) is 1.06. The number of anilines is 1. The van der Waals surface area contributed by atoms with E-state index in [1.165, 1.54) is 11.7 Å². The van der Waals surface area contributed by atoms with Crippen LogP contribution in [0.2, 0.25) is 0 Å². The Morgan fingerprint density at radius 1 is 1.09 bits per heavy atom. The standard InChI is InChI=1S/C26H28N4O5/c1-4-15(2)22(24(31)29-23-20(25(32)33)13-27-30(23)3)28-26(34)35-14-21-18-11-7-5-9-16(18)17-10-6-8-12-19(17)21/h5-13,15,21-22H,4,14H2,1-3H3,(H,28,34)(H,29,31)(H,32,33)/t15?,22-/m0/s1. The minimum Gasteiger partial charge on any atom is -0.477 e. The minimum absolute atomic E-state index is 0.0464. The zero-order valence-corrected chi connectivity index (χ0v) is 19.8. The Hall–Kier alpha value is -4.14. The molecular weight excluding hydrogens is 448 g/mol. The molecule has 0 saturated carbocycles. The number of nitrogens with zero attached hydrogens (tertiary/aromatic N) is 2. The summed E-state index contributed by atoms with van der Waals surface area (Å²) in [5.74, 6) is -2.03. The summed E-state index contributed by atoms with van der Waals surface area (Å²) in [7, 11) is 1.53. The Labute approximate surface area is 203 Å². The van der Waals surface area contributed by atoms with Gasteiger partial charge in [0.2, 0.25) is 5.91 Å². The fraction of sp³-hybridized carbons (Fsp3) is 0.308. The van der Waals surface area contributed by atoms with Crippen molar-refractivity contribution in [2.24, 2.45) is 13.0 Å². The topological polar surface area (TPSA) is 123 Å². The molecule has 0 fully saturated rings. The van der Waals surface area contributed by atoms with Crippen molar-refractivity contribution in [3.63, 3.8) is 0 Å². The molecule has 2 amide bonds. The molecule has 182 valence electrons. The molecule has 9 nitrogen and oxygen atoms in total. The number of aromatic carboxylic acids is 1. The van der Waals surface area contributed by atoms with Gasteiger partial charge in [0.1, 0.15) is 24.0 Å². The highest BCUT2D eigenvalue weighted by atomic mass is 16.5. The van der Waals surface area contributed by atoms with Crippen LogP contribution >= 0.6 is 0 Å². The minimum atomic E-state index is -1.21. The number of carboxylic acids is 1. The Kier molecular flexibility index (Phi) is 6.86. The third-order valence-corrected chi connectivity index (χ3v) is 6.52. The quantitative estimate of drug-likeness (QED) is 0.452. The van der Waals surface area contributed by atoms with Gasteiger partial charge in [-0.3, -0.25) is 9.48 Å². The molecular formula is C26H28N4O5. The number of rotatable bonds is 8. The van der Waals surface area contributed by atoms with E-state index in [0.29, 0.717) is 6.42 Å². The van der Waals surface area contributed by atoms with Crippen molar-refractivity contribution < 1.29 is 24.2 Å². The summed E-state index contributed by atoms with van der Waals surface area (Å²) in [6.45, 7) is 3.85. The van der Waals surface area contributed by atoms with E-state index in [4.69, 9.17) is 4.74 Å². The molecule has 3 aromatic rings. The van der Waals surface area contributed by atoms with Crippen LogP contribution in [0.25, 0.3) is 11.1 Å². The van der Waals surface area contributed by atoms with Gasteiger partial charge in [-0.2, -0.15) is 5.10 Å². The van der Waals surface area contributed by atoms with Crippen LogP contribution in [-0.4, -0.2) is 45.5 Å². The predicted octanol–water partition coefficient (Wildman–Crippen LogP) is 4.01. The van der Waals surface area contributed by atoms with Crippen molar-refractivity contribution in [1.82, 2.24) is 15.1 Å². The summed E-state index contributed by atoms with van der Waals surface area (Å²) in [5.41, 5.74) is 4.30. The summed E-state index contributed by atoms with van der Waals surface area (Å²) >= 11 is 0. The average molecular weight is 477 g/mol. The van der Waals surface area contributed by atoms with Crippen molar-refractivity contribution in [3.8, 4) is 11.1 Å². The van der Waals surface area contributed by atoms with Crippen LogP contribution in [0.15, 0.2) is 54.7 Å². The van der Waals surface area contributed by atoms with E-state index in [1.807, 2.05) is 50.2 Å². The van der Waals surface area contributed by atoms with Gasteiger partial charge in [-0.25, -0.2) is 9.59 Å². The van der Waals surface area contributed by atoms with Crippen molar-refractivity contribution in [2.75, 3.05) is 11.9 Å². The van der Waals surface area contributed by atoms with Crippen LogP contribution in [0.1, 0.15) is 47.7 Å². The molecule has 0 spiro atoms. The second-order valence-electron chi connectivity index (χ2n) is 8.66. The van der Waals surface area contributed by atoms with Crippen LogP contribution in [0.4, 0.5) is 10.6 Å². The number of ether oxygens (including phenoxy) is 1. The van der Waals surface area contributed by atoms with Gasteiger partial charge in [-0.15, -0.1) is 0 Å². The smallest absolute Gasteiger partial charge is 0.407 e. The van der Waals surface area contributed by atoms with Crippen LogP contribution < -0.4 is 10.6 Å². The number of carbonyl (C=O) groups excluding carboxylic acids is 2. The van der Waals surface area contributed by atoms with E-state index >= 15 is 0 Å². The fourth-order valence-electron chi connectivity index (χ4n) is 4.41. The van der Waals surface area contributed by atoms with E-state index < -0.39 is 24.0 Å². The molecule has 0 aliphatic heterocycles. The maximum Gasteiger partial charge on any atom is 0.407 e. The number of amides is 2. The van der Waals surface area contributed by atoms with Crippen LogP contribution in [0.5, 0.6) is 0 Å². The first-order valence-corrected chi connectivity index (χ1v) is 11.5. The second-order valence-corrected chi connectivity index (χ2v) is 8.66. The molecule has 1 heterocycles. The Bertz CT molecular complexity index is 1220.